The summed E-state index contributed by atoms with van der Waals surface area (Å²) in [5, 5.41) is 3.03. The molecule has 29 heavy (non-hydrogen) atoms. The summed E-state index contributed by atoms with van der Waals surface area (Å²) in [6.07, 6.45) is 2.91. The Hall–Kier alpha value is -2.66. The lowest BCUT2D eigenvalue weighted by atomic mass is 10.0. The first-order valence-electron chi connectivity index (χ1n) is 10.4. The van der Waals surface area contributed by atoms with Gasteiger partial charge in [0, 0.05) is 32.5 Å². The molecule has 0 aliphatic carbocycles. The number of hydrogen-bond donors (Lipinski definition) is 1. The fourth-order valence-electron chi connectivity index (χ4n) is 3.67. The second kappa shape index (κ2) is 10.8. The van der Waals surface area contributed by atoms with Gasteiger partial charge >= 0.3 is 0 Å². The Balaban J connectivity index is 1.80. The average Bonchev–Trinajstić information content (AvgIpc) is 3.29. The van der Waals surface area contributed by atoms with Crippen LogP contribution in [0.1, 0.15) is 37.3 Å². The minimum absolute atomic E-state index is 0.0259. The summed E-state index contributed by atoms with van der Waals surface area (Å²) in [5.41, 5.74) is 2.05. The predicted molar refractivity (Wildman–Crippen MR) is 113 cm³/mol. The van der Waals surface area contributed by atoms with Crippen molar-refractivity contribution in [2.45, 2.75) is 51.3 Å². The van der Waals surface area contributed by atoms with E-state index in [-0.39, 0.29) is 17.9 Å². The molecule has 1 heterocycles. The maximum absolute atomic E-state index is 13.2. The Morgan fingerprint density at radius 1 is 1.07 bits per heavy atom. The molecular formula is C24H30N2O3. The fraction of sp³-hybridized carbons (Fsp3) is 0.417. The molecule has 2 amide bonds. The van der Waals surface area contributed by atoms with E-state index >= 15 is 0 Å². The Kier molecular flexibility index (Phi) is 7.82. The molecule has 0 spiro atoms. The second-order valence-electron chi connectivity index (χ2n) is 7.45. The molecule has 0 radical (unpaired) electrons. The zero-order valence-corrected chi connectivity index (χ0v) is 17.0. The van der Waals surface area contributed by atoms with E-state index < -0.39 is 6.04 Å². The summed E-state index contributed by atoms with van der Waals surface area (Å²) in [5.74, 6) is -0.149. The number of hydrogen-bond acceptors (Lipinski definition) is 3. The Labute approximate surface area is 173 Å². The fourth-order valence-corrected chi connectivity index (χ4v) is 3.67. The number of nitrogens with one attached hydrogen (secondary N) is 1. The quantitative estimate of drug-likeness (QED) is 0.710. The van der Waals surface area contributed by atoms with Crippen molar-refractivity contribution in [2.24, 2.45) is 0 Å². The van der Waals surface area contributed by atoms with Crippen LogP contribution in [-0.4, -0.2) is 42.0 Å². The highest BCUT2D eigenvalue weighted by Crippen LogP contribution is 2.16. The summed E-state index contributed by atoms with van der Waals surface area (Å²) in [6, 6.07) is 19.1. The summed E-state index contributed by atoms with van der Waals surface area (Å²) < 4.78 is 5.63. The molecule has 0 aromatic heterocycles. The molecule has 2 aromatic carbocycles. The van der Waals surface area contributed by atoms with E-state index in [1.165, 1.54) is 0 Å². The van der Waals surface area contributed by atoms with Crippen LogP contribution in [0.2, 0.25) is 0 Å². The van der Waals surface area contributed by atoms with Crippen LogP contribution < -0.4 is 5.32 Å². The van der Waals surface area contributed by atoms with Gasteiger partial charge < -0.3 is 15.0 Å². The van der Waals surface area contributed by atoms with Crippen molar-refractivity contribution in [3.05, 3.63) is 71.8 Å². The highest BCUT2D eigenvalue weighted by Gasteiger charge is 2.30. The normalized spacial score (nSPS) is 16.9. The van der Waals surface area contributed by atoms with E-state index in [1.807, 2.05) is 67.6 Å². The largest absolute Gasteiger partial charge is 0.376 e. The van der Waals surface area contributed by atoms with Crippen LogP contribution in [0.3, 0.4) is 0 Å². The first-order chi connectivity index (χ1) is 14.2. The van der Waals surface area contributed by atoms with Gasteiger partial charge in [-0.2, -0.15) is 0 Å². The van der Waals surface area contributed by atoms with Crippen molar-refractivity contribution in [1.29, 1.82) is 0 Å². The van der Waals surface area contributed by atoms with Gasteiger partial charge in [-0.25, -0.2) is 0 Å². The minimum atomic E-state index is -0.563. The molecule has 1 aliphatic rings. The van der Waals surface area contributed by atoms with E-state index in [9.17, 15) is 9.59 Å². The third-order valence-corrected chi connectivity index (χ3v) is 5.30. The zero-order chi connectivity index (χ0) is 20.5. The van der Waals surface area contributed by atoms with Gasteiger partial charge in [-0.3, -0.25) is 9.59 Å². The predicted octanol–water partition coefficient (Wildman–Crippen LogP) is 3.33. The van der Waals surface area contributed by atoms with Crippen LogP contribution in [0.25, 0.3) is 0 Å². The van der Waals surface area contributed by atoms with Crippen LogP contribution in [0.15, 0.2) is 60.7 Å². The van der Waals surface area contributed by atoms with Crippen molar-refractivity contribution < 1.29 is 14.3 Å². The first kappa shape index (κ1) is 21.1. The monoisotopic (exact) mass is 394 g/mol. The van der Waals surface area contributed by atoms with Crippen LogP contribution in [0, 0.1) is 0 Å². The minimum Gasteiger partial charge on any atom is -0.376 e. The van der Waals surface area contributed by atoms with Gasteiger partial charge in [0.05, 0.1) is 6.10 Å². The Morgan fingerprint density at radius 3 is 2.31 bits per heavy atom. The molecule has 0 saturated carbocycles. The van der Waals surface area contributed by atoms with Crippen molar-refractivity contribution in [2.75, 3.05) is 13.2 Å². The summed E-state index contributed by atoms with van der Waals surface area (Å²) in [4.78, 5) is 27.7. The third kappa shape index (κ3) is 6.16. The molecule has 0 unspecified atom stereocenters. The Morgan fingerprint density at radius 2 is 1.72 bits per heavy atom. The van der Waals surface area contributed by atoms with E-state index in [0.717, 1.165) is 30.6 Å². The molecule has 5 heteroatoms. The van der Waals surface area contributed by atoms with E-state index in [0.29, 0.717) is 25.9 Å². The molecule has 1 fully saturated rings. The van der Waals surface area contributed by atoms with Crippen molar-refractivity contribution in [1.82, 2.24) is 10.2 Å². The lowest BCUT2D eigenvalue weighted by Gasteiger charge is -2.31. The van der Waals surface area contributed by atoms with E-state index in [2.05, 4.69) is 5.32 Å². The lowest BCUT2D eigenvalue weighted by Crippen LogP contribution is -2.51. The molecule has 2 aromatic rings. The molecule has 3 rings (SSSR count). The summed E-state index contributed by atoms with van der Waals surface area (Å²) in [6.45, 7) is 3.49. The van der Waals surface area contributed by atoms with Crippen molar-refractivity contribution >= 4 is 11.8 Å². The maximum Gasteiger partial charge on any atom is 0.243 e. The van der Waals surface area contributed by atoms with Gasteiger partial charge in [-0.15, -0.1) is 0 Å². The number of carbonyl (C=O) groups excluding carboxylic acids is 2. The second-order valence-corrected chi connectivity index (χ2v) is 7.45. The smallest absolute Gasteiger partial charge is 0.243 e. The Bertz CT molecular complexity index is 773. The van der Waals surface area contributed by atoms with Crippen LogP contribution in [0.5, 0.6) is 0 Å². The molecule has 1 saturated heterocycles. The van der Waals surface area contributed by atoms with E-state index in [1.54, 1.807) is 4.90 Å². The number of benzene rings is 2. The number of amides is 2. The first-order valence-corrected chi connectivity index (χ1v) is 10.4. The van der Waals surface area contributed by atoms with Crippen LogP contribution >= 0.6 is 0 Å². The highest BCUT2D eigenvalue weighted by atomic mass is 16.5. The molecule has 1 N–H and O–H groups in total. The molecular weight excluding hydrogens is 364 g/mol. The van der Waals surface area contributed by atoms with Gasteiger partial charge in [0.15, 0.2) is 0 Å². The number of nitrogens with zero attached hydrogens (tertiary/aromatic N) is 1. The molecule has 5 nitrogen and oxygen atoms in total. The standard InChI is InChI=1S/C24H30N2O3/c1-2-23(27)26(18-20-12-7-4-8-13-20)22(16-19-10-5-3-6-11-19)24(28)25-17-21-14-9-15-29-21/h3-8,10-13,21-22H,2,9,14-18H2,1H3,(H,25,28)/t21-,22+/m0/s1. The number of ether oxygens (including phenoxy) is 1. The maximum atomic E-state index is 13.2. The van der Waals surface area contributed by atoms with Crippen LogP contribution in [0.4, 0.5) is 0 Å². The SMILES string of the molecule is CCC(=O)N(Cc1ccccc1)[C@H](Cc1ccccc1)C(=O)NC[C@@H]1CCCO1. The van der Waals surface area contributed by atoms with Crippen LogP contribution in [-0.2, 0) is 27.3 Å². The number of carbonyl (C=O) groups is 2. The number of rotatable bonds is 9. The third-order valence-electron chi connectivity index (χ3n) is 5.30. The molecule has 2 atom stereocenters. The van der Waals surface area contributed by atoms with Crippen molar-refractivity contribution in [3.63, 3.8) is 0 Å². The topological polar surface area (TPSA) is 58.6 Å². The molecule has 0 bridgehead atoms. The van der Waals surface area contributed by atoms with Crippen molar-refractivity contribution in [3.8, 4) is 0 Å². The van der Waals surface area contributed by atoms with E-state index in [4.69, 9.17) is 4.74 Å². The molecule has 154 valence electrons. The highest BCUT2D eigenvalue weighted by molar-refractivity contribution is 5.88. The van der Waals surface area contributed by atoms with Gasteiger partial charge in [-0.1, -0.05) is 67.6 Å². The summed E-state index contributed by atoms with van der Waals surface area (Å²) in [7, 11) is 0. The average molecular weight is 395 g/mol. The summed E-state index contributed by atoms with van der Waals surface area (Å²) >= 11 is 0. The molecule has 1 aliphatic heterocycles. The van der Waals surface area contributed by atoms with Gasteiger partial charge in [0.25, 0.3) is 0 Å². The zero-order valence-electron chi connectivity index (χ0n) is 17.0. The van der Waals surface area contributed by atoms with Gasteiger partial charge in [0.1, 0.15) is 6.04 Å². The van der Waals surface area contributed by atoms with Gasteiger partial charge in [-0.05, 0) is 24.0 Å². The lowest BCUT2D eigenvalue weighted by molar-refractivity contribution is -0.141. The van der Waals surface area contributed by atoms with Gasteiger partial charge in [0.2, 0.25) is 11.8 Å².